The summed E-state index contributed by atoms with van der Waals surface area (Å²) in [5.41, 5.74) is 3.26. The van der Waals surface area contributed by atoms with E-state index < -0.39 is 11.8 Å². The van der Waals surface area contributed by atoms with Crippen LogP contribution in [0.1, 0.15) is 23.6 Å². The molecular weight excluding hydrogens is 344 g/mol. The van der Waals surface area contributed by atoms with Crippen LogP contribution in [0, 0.1) is 0 Å². The van der Waals surface area contributed by atoms with Crippen molar-refractivity contribution >= 4 is 5.97 Å². The first-order valence-corrected chi connectivity index (χ1v) is 8.94. The van der Waals surface area contributed by atoms with E-state index in [1.165, 1.54) is 0 Å². The fourth-order valence-electron chi connectivity index (χ4n) is 3.38. The quantitative estimate of drug-likeness (QED) is 0.651. The second kappa shape index (κ2) is 7.02. The highest BCUT2D eigenvalue weighted by Gasteiger charge is 2.49. The fourth-order valence-corrected chi connectivity index (χ4v) is 3.38. The molecule has 0 saturated heterocycles. The van der Waals surface area contributed by atoms with Gasteiger partial charge in [0.25, 0.3) is 5.79 Å². The van der Waals surface area contributed by atoms with E-state index in [-0.39, 0.29) is 17.9 Å². The topological polar surface area (TPSA) is 65.0 Å². The van der Waals surface area contributed by atoms with Gasteiger partial charge < -0.3 is 14.7 Å². The van der Waals surface area contributed by atoms with Gasteiger partial charge in [-0.3, -0.25) is 0 Å². The molecule has 0 spiro atoms. The van der Waals surface area contributed by atoms with E-state index in [4.69, 9.17) is 14.5 Å². The van der Waals surface area contributed by atoms with Crippen LogP contribution in [-0.4, -0.2) is 17.7 Å². The lowest BCUT2D eigenvalue weighted by molar-refractivity contribution is -0.231. The SMILES string of the molecule is CCc1ccc(C2(O)OC(=O)C(C3=CCOO3)=C2Cc2ccccc2)cc1. The molecule has 0 saturated carbocycles. The summed E-state index contributed by atoms with van der Waals surface area (Å²) in [5.74, 6) is -2.19. The summed E-state index contributed by atoms with van der Waals surface area (Å²) in [7, 11) is 0. The molecule has 5 heteroatoms. The summed E-state index contributed by atoms with van der Waals surface area (Å²) >= 11 is 0. The van der Waals surface area contributed by atoms with Gasteiger partial charge in [-0.05, 0) is 23.6 Å². The minimum absolute atomic E-state index is 0.221. The molecule has 0 fully saturated rings. The molecule has 0 bridgehead atoms. The molecule has 0 amide bonds. The van der Waals surface area contributed by atoms with E-state index in [9.17, 15) is 9.90 Å². The first-order chi connectivity index (χ1) is 13.1. The van der Waals surface area contributed by atoms with E-state index in [1.807, 2.05) is 42.5 Å². The van der Waals surface area contributed by atoms with E-state index in [1.54, 1.807) is 18.2 Å². The predicted octanol–water partition coefficient (Wildman–Crippen LogP) is 3.34. The second-order valence-corrected chi connectivity index (χ2v) is 6.54. The van der Waals surface area contributed by atoms with E-state index in [0.29, 0.717) is 17.6 Å². The first kappa shape index (κ1) is 17.5. The van der Waals surface area contributed by atoms with Gasteiger partial charge in [0.1, 0.15) is 12.2 Å². The number of carbonyl (C=O) groups excluding carboxylic acids is 1. The normalized spacial score (nSPS) is 21.9. The van der Waals surface area contributed by atoms with Crippen molar-refractivity contribution in [3.63, 3.8) is 0 Å². The Morgan fingerprint density at radius 2 is 1.78 bits per heavy atom. The van der Waals surface area contributed by atoms with E-state index in [2.05, 4.69) is 6.92 Å². The van der Waals surface area contributed by atoms with E-state index >= 15 is 0 Å². The van der Waals surface area contributed by atoms with Crippen LogP contribution in [0.3, 0.4) is 0 Å². The molecule has 2 aliphatic heterocycles. The molecule has 138 valence electrons. The third kappa shape index (κ3) is 3.16. The molecule has 1 atom stereocenters. The van der Waals surface area contributed by atoms with E-state index in [0.717, 1.165) is 17.5 Å². The Morgan fingerprint density at radius 3 is 2.41 bits per heavy atom. The number of hydrogen-bond acceptors (Lipinski definition) is 5. The van der Waals surface area contributed by atoms with Crippen molar-refractivity contribution in [1.29, 1.82) is 0 Å². The van der Waals surface area contributed by atoms with Crippen LogP contribution < -0.4 is 0 Å². The third-order valence-electron chi connectivity index (χ3n) is 4.86. The molecule has 5 nitrogen and oxygen atoms in total. The van der Waals surface area contributed by atoms with Gasteiger partial charge >= 0.3 is 5.97 Å². The molecule has 27 heavy (non-hydrogen) atoms. The monoisotopic (exact) mass is 364 g/mol. The molecule has 0 aliphatic carbocycles. The summed E-state index contributed by atoms with van der Waals surface area (Å²) in [6, 6.07) is 17.1. The predicted molar refractivity (Wildman–Crippen MR) is 98.1 cm³/mol. The number of aryl methyl sites for hydroxylation is 1. The lowest BCUT2D eigenvalue weighted by Crippen LogP contribution is -2.29. The molecule has 0 aromatic heterocycles. The molecule has 0 radical (unpaired) electrons. The highest BCUT2D eigenvalue weighted by Crippen LogP contribution is 2.44. The Hall–Kier alpha value is -2.89. The first-order valence-electron chi connectivity index (χ1n) is 8.94. The van der Waals surface area contributed by atoms with Crippen molar-refractivity contribution in [2.75, 3.05) is 6.61 Å². The molecule has 4 rings (SSSR count). The van der Waals surface area contributed by atoms with Gasteiger partial charge in [-0.25, -0.2) is 4.79 Å². The van der Waals surface area contributed by atoms with Gasteiger partial charge in [0.05, 0.1) is 0 Å². The van der Waals surface area contributed by atoms with Crippen LogP contribution in [0.4, 0.5) is 0 Å². The Labute approximate surface area is 157 Å². The van der Waals surface area contributed by atoms with Crippen LogP contribution in [0.15, 0.2) is 77.6 Å². The Morgan fingerprint density at radius 1 is 1.04 bits per heavy atom. The Balaban J connectivity index is 1.83. The van der Waals surface area contributed by atoms with Crippen LogP contribution in [-0.2, 0) is 37.9 Å². The summed E-state index contributed by atoms with van der Waals surface area (Å²) < 4.78 is 5.48. The van der Waals surface area contributed by atoms with Gasteiger partial charge in [-0.1, -0.05) is 61.5 Å². The summed E-state index contributed by atoms with van der Waals surface area (Å²) in [6.07, 6.45) is 2.89. The van der Waals surface area contributed by atoms with Crippen molar-refractivity contribution in [2.24, 2.45) is 0 Å². The average Bonchev–Trinajstić information content (AvgIpc) is 3.30. The maximum Gasteiger partial charge on any atom is 0.345 e. The van der Waals surface area contributed by atoms with Gasteiger partial charge in [0.15, 0.2) is 5.76 Å². The number of ether oxygens (including phenoxy) is 1. The average molecular weight is 364 g/mol. The largest absolute Gasteiger partial charge is 0.421 e. The van der Waals surface area contributed by atoms with Crippen molar-refractivity contribution in [1.82, 2.24) is 0 Å². The molecule has 2 aromatic carbocycles. The molecule has 2 aromatic rings. The number of rotatable bonds is 5. The second-order valence-electron chi connectivity index (χ2n) is 6.54. The Kier molecular flexibility index (Phi) is 4.56. The zero-order valence-electron chi connectivity index (χ0n) is 15.0. The van der Waals surface area contributed by atoms with Gasteiger partial charge in [-0.2, -0.15) is 4.89 Å². The smallest absolute Gasteiger partial charge is 0.345 e. The van der Waals surface area contributed by atoms with Gasteiger partial charge in [0, 0.05) is 17.6 Å². The fraction of sp³-hybridized carbons (Fsp3) is 0.227. The minimum Gasteiger partial charge on any atom is -0.421 e. The number of benzene rings is 2. The highest BCUT2D eigenvalue weighted by atomic mass is 17.2. The number of hydrogen-bond donors (Lipinski definition) is 1. The van der Waals surface area contributed by atoms with Crippen LogP contribution in [0.2, 0.25) is 0 Å². The standard InChI is InChI=1S/C22H20O5/c1-2-15-8-10-17(11-9-15)22(24)18(14-16-6-4-3-5-7-16)20(21(23)26-22)19-12-13-25-27-19/h3-12,24H,2,13-14H2,1H3. The lowest BCUT2D eigenvalue weighted by Gasteiger charge is -2.26. The zero-order valence-corrected chi connectivity index (χ0v) is 15.0. The van der Waals surface area contributed by atoms with Gasteiger partial charge in [-0.15, -0.1) is 0 Å². The highest BCUT2D eigenvalue weighted by molar-refractivity contribution is 5.97. The van der Waals surface area contributed by atoms with Crippen molar-refractivity contribution in [3.05, 3.63) is 94.3 Å². The number of carbonyl (C=O) groups is 1. The van der Waals surface area contributed by atoms with Crippen LogP contribution in [0.25, 0.3) is 0 Å². The zero-order chi connectivity index (χ0) is 18.9. The van der Waals surface area contributed by atoms with Crippen LogP contribution in [0.5, 0.6) is 0 Å². The molecule has 1 N–H and O–H groups in total. The number of aliphatic hydroxyl groups is 1. The third-order valence-corrected chi connectivity index (χ3v) is 4.86. The maximum atomic E-state index is 12.7. The van der Waals surface area contributed by atoms with Crippen molar-refractivity contribution in [3.8, 4) is 0 Å². The summed E-state index contributed by atoms with van der Waals surface area (Å²) in [6.45, 7) is 2.30. The lowest BCUT2D eigenvalue weighted by atomic mass is 9.89. The molecule has 2 aliphatic rings. The summed E-state index contributed by atoms with van der Waals surface area (Å²) in [5, 5.41) is 11.4. The molecule has 1 unspecified atom stereocenters. The minimum atomic E-state index is -1.85. The maximum absolute atomic E-state index is 12.7. The van der Waals surface area contributed by atoms with Crippen molar-refractivity contribution < 1.29 is 24.4 Å². The Bertz CT molecular complexity index is 911. The number of esters is 1. The van der Waals surface area contributed by atoms with Crippen LogP contribution >= 0.6 is 0 Å². The molecule has 2 heterocycles. The van der Waals surface area contributed by atoms with Gasteiger partial charge in [0.2, 0.25) is 0 Å². The molecular formula is C22H20O5. The number of cyclic esters (lactones) is 1. The summed E-state index contributed by atoms with van der Waals surface area (Å²) in [4.78, 5) is 22.7. The van der Waals surface area contributed by atoms with Crippen molar-refractivity contribution in [2.45, 2.75) is 25.6 Å².